The quantitative estimate of drug-likeness (QED) is 0.686. The van der Waals surface area contributed by atoms with E-state index in [-0.39, 0.29) is 17.3 Å². The maximum Gasteiger partial charge on any atom is 0.243 e. The number of methoxy groups -OCH3 is 1. The van der Waals surface area contributed by atoms with Crippen molar-refractivity contribution in [1.29, 1.82) is 0 Å². The van der Waals surface area contributed by atoms with Crippen LogP contribution in [-0.4, -0.2) is 45.4 Å². The molecule has 0 unspecified atom stereocenters. The van der Waals surface area contributed by atoms with Gasteiger partial charge in [0.15, 0.2) is 0 Å². The zero-order valence-corrected chi connectivity index (χ0v) is 16.5. The Hall–Kier alpha value is -2.58. The van der Waals surface area contributed by atoms with E-state index in [1.165, 1.54) is 16.4 Å². The molecule has 0 spiro atoms. The lowest BCUT2D eigenvalue weighted by Crippen LogP contribution is -2.30. The van der Waals surface area contributed by atoms with Crippen molar-refractivity contribution >= 4 is 27.3 Å². The minimum atomic E-state index is -3.57. The van der Waals surface area contributed by atoms with Crippen molar-refractivity contribution in [2.24, 2.45) is 0 Å². The summed E-state index contributed by atoms with van der Waals surface area (Å²) in [5.74, 6) is 0.343. The molecule has 0 saturated carbocycles. The number of para-hydroxylation sites is 2. The molecule has 2 aromatic carbocycles. The molecule has 0 saturated heterocycles. The summed E-state index contributed by atoms with van der Waals surface area (Å²) in [5, 5.41) is 5.71. The number of ether oxygens (including phenoxy) is 1. The normalized spacial score (nSPS) is 11.3. The molecule has 0 aliphatic carbocycles. The second kappa shape index (κ2) is 9.38. The smallest absolute Gasteiger partial charge is 0.243 e. The maximum absolute atomic E-state index is 12.6. The zero-order chi connectivity index (χ0) is 19.9. The first-order chi connectivity index (χ1) is 12.9. The molecule has 0 radical (unpaired) electrons. The van der Waals surface area contributed by atoms with Crippen LogP contribution in [0.2, 0.25) is 0 Å². The number of carbonyl (C=O) groups excluding carboxylic acids is 1. The summed E-state index contributed by atoms with van der Waals surface area (Å²) in [6.45, 7) is 4.37. The van der Waals surface area contributed by atoms with E-state index >= 15 is 0 Å². The van der Waals surface area contributed by atoms with Crippen LogP contribution in [0.1, 0.15) is 13.8 Å². The van der Waals surface area contributed by atoms with Gasteiger partial charge < -0.3 is 15.4 Å². The van der Waals surface area contributed by atoms with Crippen molar-refractivity contribution in [3.63, 3.8) is 0 Å². The maximum atomic E-state index is 12.6. The van der Waals surface area contributed by atoms with Crippen LogP contribution in [0.4, 0.5) is 11.4 Å². The second-order valence-corrected chi connectivity index (χ2v) is 7.66. The number of carbonyl (C=O) groups is 1. The molecule has 7 nitrogen and oxygen atoms in total. The molecule has 27 heavy (non-hydrogen) atoms. The predicted octanol–water partition coefficient (Wildman–Crippen LogP) is 2.78. The SMILES string of the molecule is CCN(CC)S(=O)(=O)c1cccc(NC(=O)CNc2ccccc2OC)c1. The predicted molar refractivity (Wildman–Crippen MR) is 107 cm³/mol. The van der Waals surface area contributed by atoms with Gasteiger partial charge in [-0.1, -0.05) is 32.0 Å². The first kappa shape index (κ1) is 20.7. The van der Waals surface area contributed by atoms with Crippen LogP contribution in [0.25, 0.3) is 0 Å². The lowest BCUT2D eigenvalue weighted by molar-refractivity contribution is -0.114. The molecule has 2 aromatic rings. The van der Waals surface area contributed by atoms with Crippen molar-refractivity contribution in [3.05, 3.63) is 48.5 Å². The Morgan fingerprint density at radius 2 is 1.78 bits per heavy atom. The first-order valence-electron chi connectivity index (χ1n) is 8.69. The molecule has 8 heteroatoms. The van der Waals surface area contributed by atoms with Gasteiger partial charge >= 0.3 is 0 Å². The Bertz CT molecular complexity index is 880. The average molecular weight is 391 g/mol. The van der Waals surface area contributed by atoms with Crippen molar-refractivity contribution in [2.75, 3.05) is 37.4 Å². The van der Waals surface area contributed by atoms with Gasteiger partial charge in [-0.2, -0.15) is 4.31 Å². The lowest BCUT2D eigenvalue weighted by Gasteiger charge is -2.19. The van der Waals surface area contributed by atoms with Gasteiger partial charge in [0.1, 0.15) is 5.75 Å². The number of hydrogen-bond acceptors (Lipinski definition) is 5. The van der Waals surface area contributed by atoms with Crippen molar-refractivity contribution < 1.29 is 17.9 Å². The van der Waals surface area contributed by atoms with E-state index in [0.717, 1.165) is 0 Å². The summed E-state index contributed by atoms with van der Waals surface area (Å²) >= 11 is 0. The van der Waals surface area contributed by atoms with Gasteiger partial charge in [0.25, 0.3) is 0 Å². The largest absolute Gasteiger partial charge is 0.495 e. The van der Waals surface area contributed by atoms with Crippen LogP contribution in [0, 0.1) is 0 Å². The molecule has 146 valence electrons. The summed E-state index contributed by atoms with van der Waals surface area (Å²) < 4.78 is 31.8. The molecule has 2 N–H and O–H groups in total. The number of hydrogen-bond donors (Lipinski definition) is 2. The van der Waals surface area contributed by atoms with Crippen LogP contribution in [0.3, 0.4) is 0 Å². The summed E-state index contributed by atoms with van der Waals surface area (Å²) in [7, 11) is -2.02. The molecular formula is C19H25N3O4S. The molecule has 0 aliphatic rings. The molecular weight excluding hydrogens is 366 g/mol. The highest BCUT2D eigenvalue weighted by Crippen LogP contribution is 2.23. The number of sulfonamides is 1. The lowest BCUT2D eigenvalue weighted by atomic mass is 10.3. The number of rotatable bonds is 9. The van der Waals surface area contributed by atoms with Crippen molar-refractivity contribution in [3.8, 4) is 5.75 Å². The Kier molecular flexibility index (Phi) is 7.20. The standard InChI is InChI=1S/C19H25N3O4S/c1-4-22(5-2)27(24,25)16-10-8-9-15(13-16)21-19(23)14-20-17-11-6-7-12-18(17)26-3/h6-13,20H,4-5,14H2,1-3H3,(H,21,23). The van der Waals surface area contributed by atoms with Crippen LogP contribution < -0.4 is 15.4 Å². The van der Waals surface area contributed by atoms with Gasteiger partial charge in [-0.05, 0) is 30.3 Å². The van der Waals surface area contributed by atoms with E-state index in [2.05, 4.69) is 10.6 Å². The van der Waals surface area contributed by atoms with Gasteiger partial charge in [-0.3, -0.25) is 4.79 Å². The van der Waals surface area contributed by atoms with E-state index in [0.29, 0.717) is 30.2 Å². The van der Waals surface area contributed by atoms with E-state index in [1.807, 2.05) is 18.2 Å². The van der Waals surface area contributed by atoms with Crippen molar-refractivity contribution in [2.45, 2.75) is 18.7 Å². The Morgan fingerprint density at radius 3 is 2.44 bits per heavy atom. The van der Waals surface area contributed by atoms with E-state index < -0.39 is 10.0 Å². The van der Waals surface area contributed by atoms with Gasteiger partial charge in [-0.25, -0.2) is 8.42 Å². The zero-order valence-electron chi connectivity index (χ0n) is 15.7. The molecule has 1 amide bonds. The number of nitrogens with one attached hydrogen (secondary N) is 2. The second-order valence-electron chi connectivity index (χ2n) is 5.72. The molecule has 2 rings (SSSR count). The summed E-state index contributed by atoms with van der Waals surface area (Å²) in [5.41, 5.74) is 1.13. The average Bonchev–Trinajstić information content (AvgIpc) is 2.67. The molecule has 0 atom stereocenters. The third-order valence-electron chi connectivity index (χ3n) is 4.01. The van der Waals surface area contributed by atoms with E-state index in [4.69, 9.17) is 4.74 Å². The minimum absolute atomic E-state index is 0.0212. The Balaban J connectivity index is 2.06. The highest BCUT2D eigenvalue weighted by molar-refractivity contribution is 7.89. The van der Waals surface area contributed by atoms with E-state index in [1.54, 1.807) is 39.2 Å². The minimum Gasteiger partial charge on any atom is -0.495 e. The van der Waals surface area contributed by atoms with Crippen LogP contribution in [0.5, 0.6) is 5.75 Å². The van der Waals surface area contributed by atoms with Crippen LogP contribution in [-0.2, 0) is 14.8 Å². The molecule has 0 heterocycles. The molecule has 0 aliphatic heterocycles. The fourth-order valence-electron chi connectivity index (χ4n) is 2.62. The van der Waals surface area contributed by atoms with Crippen molar-refractivity contribution in [1.82, 2.24) is 4.31 Å². The number of benzene rings is 2. The van der Waals surface area contributed by atoms with E-state index in [9.17, 15) is 13.2 Å². The highest BCUT2D eigenvalue weighted by Gasteiger charge is 2.21. The van der Waals surface area contributed by atoms with Crippen LogP contribution in [0.15, 0.2) is 53.4 Å². The number of nitrogens with zero attached hydrogens (tertiary/aromatic N) is 1. The monoisotopic (exact) mass is 391 g/mol. The topological polar surface area (TPSA) is 87.7 Å². The van der Waals surface area contributed by atoms with Gasteiger partial charge in [0.05, 0.1) is 24.2 Å². The molecule has 0 bridgehead atoms. The Labute approximate surface area is 160 Å². The number of anilines is 2. The van der Waals surface area contributed by atoms with Gasteiger partial charge in [0, 0.05) is 18.8 Å². The third kappa shape index (κ3) is 5.21. The fourth-order valence-corrected chi connectivity index (χ4v) is 4.12. The van der Waals surface area contributed by atoms with Gasteiger partial charge in [0.2, 0.25) is 15.9 Å². The van der Waals surface area contributed by atoms with Gasteiger partial charge in [-0.15, -0.1) is 0 Å². The fraction of sp³-hybridized carbons (Fsp3) is 0.316. The summed E-state index contributed by atoms with van der Waals surface area (Å²) in [6, 6.07) is 13.5. The molecule has 0 aromatic heterocycles. The first-order valence-corrected chi connectivity index (χ1v) is 10.1. The molecule has 0 fully saturated rings. The summed E-state index contributed by atoms with van der Waals surface area (Å²) in [4.78, 5) is 12.4. The highest BCUT2D eigenvalue weighted by atomic mass is 32.2. The van der Waals surface area contributed by atoms with Crippen LogP contribution >= 0.6 is 0 Å². The number of amides is 1. The summed E-state index contributed by atoms with van der Waals surface area (Å²) in [6.07, 6.45) is 0. The third-order valence-corrected chi connectivity index (χ3v) is 6.05. The Morgan fingerprint density at radius 1 is 1.07 bits per heavy atom.